The SMILES string of the molecule is COc1ccc(Br)c(C(=O)N2CCOC(C)C2)c1. The molecule has 18 heavy (non-hydrogen) atoms. The fourth-order valence-corrected chi connectivity index (χ4v) is 2.38. The van der Waals surface area contributed by atoms with Crippen LogP contribution in [0.25, 0.3) is 0 Å². The Morgan fingerprint density at radius 2 is 2.33 bits per heavy atom. The first-order valence-corrected chi connectivity index (χ1v) is 6.65. The lowest BCUT2D eigenvalue weighted by molar-refractivity contribution is -0.0124. The van der Waals surface area contributed by atoms with Crippen LogP contribution in [0.3, 0.4) is 0 Å². The Labute approximate surface area is 115 Å². The number of methoxy groups -OCH3 is 1. The molecule has 0 aliphatic carbocycles. The number of carbonyl (C=O) groups is 1. The van der Waals surface area contributed by atoms with Gasteiger partial charge in [-0.05, 0) is 41.1 Å². The second-order valence-corrected chi connectivity index (χ2v) is 5.13. The van der Waals surface area contributed by atoms with Crippen LogP contribution in [0.4, 0.5) is 0 Å². The second-order valence-electron chi connectivity index (χ2n) is 4.28. The van der Waals surface area contributed by atoms with Crippen LogP contribution in [-0.4, -0.2) is 43.7 Å². The lowest BCUT2D eigenvalue weighted by Gasteiger charge is -2.31. The van der Waals surface area contributed by atoms with Crippen molar-refractivity contribution in [2.75, 3.05) is 26.8 Å². The minimum Gasteiger partial charge on any atom is -0.497 e. The van der Waals surface area contributed by atoms with E-state index in [4.69, 9.17) is 9.47 Å². The zero-order valence-corrected chi connectivity index (χ0v) is 12.1. The number of halogens is 1. The molecule has 0 radical (unpaired) electrons. The predicted molar refractivity (Wildman–Crippen MR) is 72.0 cm³/mol. The van der Waals surface area contributed by atoms with Crippen molar-refractivity contribution in [2.24, 2.45) is 0 Å². The predicted octanol–water partition coefficient (Wildman–Crippen LogP) is 2.32. The van der Waals surface area contributed by atoms with E-state index >= 15 is 0 Å². The molecule has 1 atom stereocenters. The molecule has 1 amide bonds. The highest BCUT2D eigenvalue weighted by Gasteiger charge is 2.24. The summed E-state index contributed by atoms with van der Waals surface area (Å²) in [6.07, 6.45) is 0.0899. The monoisotopic (exact) mass is 313 g/mol. The van der Waals surface area contributed by atoms with Gasteiger partial charge in [0.1, 0.15) is 5.75 Å². The standard InChI is InChI=1S/C13H16BrNO3/c1-9-8-15(5-6-18-9)13(16)11-7-10(17-2)3-4-12(11)14/h3-4,7,9H,5-6,8H2,1-2H3. The highest BCUT2D eigenvalue weighted by Crippen LogP contribution is 2.24. The third-order valence-corrected chi connectivity index (χ3v) is 3.62. The fraction of sp³-hybridized carbons (Fsp3) is 0.462. The van der Waals surface area contributed by atoms with Gasteiger partial charge in [0.15, 0.2) is 0 Å². The van der Waals surface area contributed by atoms with E-state index in [2.05, 4.69) is 15.9 Å². The number of morpholine rings is 1. The maximum atomic E-state index is 12.4. The van der Waals surface area contributed by atoms with Crippen LogP contribution in [-0.2, 0) is 4.74 Å². The fourth-order valence-electron chi connectivity index (χ4n) is 1.97. The van der Waals surface area contributed by atoms with E-state index in [0.29, 0.717) is 31.0 Å². The molecule has 0 bridgehead atoms. The summed E-state index contributed by atoms with van der Waals surface area (Å²) in [6, 6.07) is 5.41. The van der Waals surface area contributed by atoms with Crippen molar-refractivity contribution < 1.29 is 14.3 Å². The maximum Gasteiger partial charge on any atom is 0.255 e. The molecular formula is C13H16BrNO3. The van der Waals surface area contributed by atoms with Crippen molar-refractivity contribution >= 4 is 21.8 Å². The Morgan fingerprint density at radius 3 is 3.00 bits per heavy atom. The molecule has 1 aromatic carbocycles. The van der Waals surface area contributed by atoms with Crippen LogP contribution < -0.4 is 4.74 Å². The summed E-state index contributed by atoms with van der Waals surface area (Å²) in [6.45, 7) is 3.82. The lowest BCUT2D eigenvalue weighted by atomic mass is 10.1. The Bertz CT molecular complexity index is 450. The minimum absolute atomic E-state index is 0.0101. The first-order chi connectivity index (χ1) is 8.61. The van der Waals surface area contributed by atoms with E-state index < -0.39 is 0 Å². The van der Waals surface area contributed by atoms with Crippen LogP contribution >= 0.6 is 15.9 Å². The molecule has 0 N–H and O–H groups in total. The molecule has 98 valence electrons. The zero-order valence-electron chi connectivity index (χ0n) is 10.5. The van der Waals surface area contributed by atoms with Crippen molar-refractivity contribution in [1.29, 1.82) is 0 Å². The van der Waals surface area contributed by atoms with Gasteiger partial charge in [0.25, 0.3) is 5.91 Å². The molecule has 0 saturated carbocycles. The Hall–Kier alpha value is -1.07. The van der Waals surface area contributed by atoms with E-state index in [-0.39, 0.29) is 12.0 Å². The quantitative estimate of drug-likeness (QED) is 0.841. The number of amides is 1. The molecule has 1 aliphatic heterocycles. The second kappa shape index (κ2) is 5.71. The van der Waals surface area contributed by atoms with Crippen molar-refractivity contribution in [3.05, 3.63) is 28.2 Å². The maximum absolute atomic E-state index is 12.4. The molecule has 0 spiro atoms. The van der Waals surface area contributed by atoms with Crippen molar-refractivity contribution in [2.45, 2.75) is 13.0 Å². The molecule has 1 unspecified atom stereocenters. The molecule has 1 aliphatic rings. The smallest absolute Gasteiger partial charge is 0.255 e. The number of ether oxygens (including phenoxy) is 2. The van der Waals surface area contributed by atoms with Gasteiger partial charge in [-0.2, -0.15) is 0 Å². The van der Waals surface area contributed by atoms with Gasteiger partial charge in [-0.15, -0.1) is 0 Å². The van der Waals surface area contributed by atoms with Crippen LogP contribution in [0.1, 0.15) is 17.3 Å². The number of nitrogens with zero attached hydrogens (tertiary/aromatic N) is 1. The van der Waals surface area contributed by atoms with Crippen molar-refractivity contribution in [1.82, 2.24) is 4.90 Å². The van der Waals surface area contributed by atoms with E-state index in [9.17, 15) is 4.79 Å². The Balaban J connectivity index is 2.22. The average molecular weight is 314 g/mol. The molecule has 1 aromatic rings. The number of hydrogen-bond donors (Lipinski definition) is 0. The van der Waals surface area contributed by atoms with Crippen molar-refractivity contribution in [3.63, 3.8) is 0 Å². The number of hydrogen-bond acceptors (Lipinski definition) is 3. The summed E-state index contributed by atoms with van der Waals surface area (Å²) in [4.78, 5) is 14.2. The topological polar surface area (TPSA) is 38.8 Å². The van der Waals surface area contributed by atoms with Gasteiger partial charge in [0.05, 0.1) is 25.4 Å². The summed E-state index contributed by atoms with van der Waals surface area (Å²) in [5.74, 6) is 0.693. The van der Waals surface area contributed by atoms with Gasteiger partial charge in [0.2, 0.25) is 0 Å². The van der Waals surface area contributed by atoms with Gasteiger partial charge in [-0.1, -0.05) is 0 Å². The molecule has 2 rings (SSSR count). The highest BCUT2D eigenvalue weighted by atomic mass is 79.9. The van der Waals surface area contributed by atoms with E-state index in [1.807, 2.05) is 24.0 Å². The summed E-state index contributed by atoms with van der Waals surface area (Å²) >= 11 is 3.41. The largest absolute Gasteiger partial charge is 0.497 e. The third kappa shape index (κ3) is 2.84. The van der Waals surface area contributed by atoms with Crippen molar-refractivity contribution in [3.8, 4) is 5.75 Å². The third-order valence-electron chi connectivity index (χ3n) is 2.93. The normalized spacial score (nSPS) is 19.7. The highest BCUT2D eigenvalue weighted by molar-refractivity contribution is 9.10. The van der Waals surface area contributed by atoms with Gasteiger partial charge >= 0.3 is 0 Å². The number of benzene rings is 1. The minimum atomic E-state index is 0.0101. The van der Waals surface area contributed by atoms with Gasteiger partial charge in [-0.3, -0.25) is 4.79 Å². The van der Waals surface area contributed by atoms with Crippen LogP contribution in [0.5, 0.6) is 5.75 Å². The molecule has 1 fully saturated rings. The molecule has 4 nitrogen and oxygen atoms in total. The Morgan fingerprint density at radius 1 is 1.56 bits per heavy atom. The first kappa shape index (κ1) is 13.4. The molecule has 1 saturated heterocycles. The number of rotatable bonds is 2. The van der Waals surface area contributed by atoms with Crippen LogP contribution in [0.15, 0.2) is 22.7 Å². The zero-order chi connectivity index (χ0) is 13.1. The lowest BCUT2D eigenvalue weighted by Crippen LogP contribution is -2.44. The summed E-state index contributed by atoms with van der Waals surface area (Å²) < 4.78 is 11.4. The average Bonchev–Trinajstić information content (AvgIpc) is 2.38. The number of carbonyl (C=O) groups excluding carboxylic acids is 1. The first-order valence-electron chi connectivity index (χ1n) is 5.86. The van der Waals surface area contributed by atoms with E-state index in [1.54, 1.807) is 13.2 Å². The molecular weight excluding hydrogens is 298 g/mol. The van der Waals surface area contributed by atoms with E-state index in [0.717, 1.165) is 4.47 Å². The summed E-state index contributed by atoms with van der Waals surface area (Å²) in [5.41, 5.74) is 0.628. The van der Waals surface area contributed by atoms with Gasteiger partial charge in [-0.25, -0.2) is 0 Å². The van der Waals surface area contributed by atoms with E-state index in [1.165, 1.54) is 0 Å². The van der Waals surface area contributed by atoms with Crippen LogP contribution in [0.2, 0.25) is 0 Å². The molecule has 1 heterocycles. The molecule has 5 heteroatoms. The van der Waals surface area contributed by atoms with Gasteiger partial charge in [0, 0.05) is 17.6 Å². The Kier molecular flexibility index (Phi) is 4.24. The van der Waals surface area contributed by atoms with Gasteiger partial charge < -0.3 is 14.4 Å². The summed E-state index contributed by atoms with van der Waals surface area (Å²) in [7, 11) is 1.59. The van der Waals surface area contributed by atoms with Crippen LogP contribution in [0, 0.1) is 0 Å². The summed E-state index contributed by atoms with van der Waals surface area (Å²) in [5, 5.41) is 0. The molecule has 0 aromatic heterocycles.